The molecule has 0 bridgehead atoms. The number of aromatic amines is 2. The standard InChI is InChI=1S/C14H11N7O3S2/c22-10(7-26-13-11(23)18-14(24)21-20-13)19-17-6-9-2-1-8(5-16-9)12-15-3-4-25-12/h1-6H,7H2,(H,19,22)(H2,18,21,23,24)/b17-6+. The summed E-state index contributed by atoms with van der Waals surface area (Å²) in [6.07, 6.45) is 4.80. The van der Waals surface area contributed by atoms with Gasteiger partial charge in [-0.2, -0.15) is 10.2 Å². The van der Waals surface area contributed by atoms with Gasteiger partial charge >= 0.3 is 5.69 Å². The third-order valence-corrected chi connectivity index (χ3v) is 4.65. The lowest BCUT2D eigenvalue weighted by atomic mass is 10.2. The first-order chi connectivity index (χ1) is 12.6. The summed E-state index contributed by atoms with van der Waals surface area (Å²) in [5.41, 5.74) is 2.43. The quantitative estimate of drug-likeness (QED) is 0.310. The van der Waals surface area contributed by atoms with Gasteiger partial charge in [-0.15, -0.1) is 11.3 Å². The third-order valence-electron chi connectivity index (χ3n) is 2.87. The van der Waals surface area contributed by atoms with Crippen LogP contribution in [0.25, 0.3) is 10.6 Å². The number of hydrogen-bond donors (Lipinski definition) is 3. The number of H-pyrrole nitrogens is 2. The number of carbonyl (C=O) groups excluding carboxylic acids is 1. The number of carbonyl (C=O) groups is 1. The van der Waals surface area contributed by atoms with Gasteiger partial charge in [0.2, 0.25) is 5.91 Å². The number of thiazole rings is 1. The van der Waals surface area contributed by atoms with Gasteiger partial charge in [0, 0.05) is 23.3 Å². The average Bonchev–Trinajstić information content (AvgIpc) is 3.16. The van der Waals surface area contributed by atoms with Crippen molar-refractivity contribution in [1.29, 1.82) is 0 Å². The van der Waals surface area contributed by atoms with Crippen LogP contribution in [0, 0.1) is 0 Å². The zero-order valence-electron chi connectivity index (χ0n) is 13.0. The normalized spacial score (nSPS) is 10.9. The molecule has 0 aliphatic carbocycles. The molecule has 0 aliphatic heterocycles. The van der Waals surface area contributed by atoms with Crippen LogP contribution in [0.5, 0.6) is 0 Å². The minimum Gasteiger partial charge on any atom is -0.272 e. The fourth-order valence-electron chi connectivity index (χ4n) is 1.75. The second-order valence-electron chi connectivity index (χ2n) is 4.70. The molecule has 3 heterocycles. The lowest BCUT2D eigenvalue weighted by Crippen LogP contribution is -2.26. The van der Waals surface area contributed by atoms with Crippen molar-refractivity contribution < 1.29 is 4.79 Å². The SMILES string of the molecule is O=C(CSc1n[nH]c(=O)[nH]c1=O)N/N=C/c1ccc(-c2nccs2)cn1. The lowest BCUT2D eigenvalue weighted by Gasteiger charge is -1.99. The van der Waals surface area contributed by atoms with E-state index in [-0.39, 0.29) is 10.8 Å². The minimum atomic E-state index is -0.707. The highest BCUT2D eigenvalue weighted by atomic mass is 32.2. The predicted molar refractivity (Wildman–Crippen MR) is 97.3 cm³/mol. The first-order valence-corrected chi connectivity index (χ1v) is 8.98. The van der Waals surface area contributed by atoms with Crippen LogP contribution in [0.3, 0.4) is 0 Å². The third kappa shape index (κ3) is 4.70. The molecule has 3 N–H and O–H groups in total. The van der Waals surface area contributed by atoms with E-state index in [1.54, 1.807) is 18.5 Å². The highest BCUT2D eigenvalue weighted by Crippen LogP contribution is 2.20. The van der Waals surface area contributed by atoms with E-state index in [0.29, 0.717) is 5.69 Å². The van der Waals surface area contributed by atoms with Crippen molar-refractivity contribution >= 4 is 35.2 Å². The van der Waals surface area contributed by atoms with E-state index < -0.39 is 17.2 Å². The van der Waals surface area contributed by atoms with E-state index in [0.717, 1.165) is 22.3 Å². The summed E-state index contributed by atoms with van der Waals surface area (Å²) in [7, 11) is 0. The molecule has 0 spiro atoms. The van der Waals surface area contributed by atoms with Gasteiger partial charge in [0.1, 0.15) is 5.01 Å². The molecule has 0 saturated carbocycles. The molecule has 132 valence electrons. The van der Waals surface area contributed by atoms with Crippen LogP contribution in [0.1, 0.15) is 5.69 Å². The molecule has 0 aromatic carbocycles. The van der Waals surface area contributed by atoms with E-state index in [1.165, 1.54) is 17.6 Å². The maximum absolute atomic E-state index is 11.7. The van der Waals surface area contributed by atoms with Gasteiger partial charge in [-0.25, -0.2) is 20.3 Å². The Morgan fingerprint density at radius 1 is 1.35 bits per heavy atom. The second-order valence-corrected chi connectivity index (χ2v) is 6.56. The number of nitrogens with zero attached hydrogens (tertiary/aromatic N) is 4. The fraction of sp³-hybridized carbons (Fsp3) is 0.0714. The van der Waals surface area contributed by atoms with Crippen molar-refractivity contribution in [3.8, 4) is 10.6 Å². The number of nitrogens with one attached hydrogen (secondary N) is 3. The molecule has 0 unspecified atom stereocenters. The van der Waals surface area contributed by atoms with Crippen LogP contribution in [0.2, 0.25) is 0 Å². The van der Waals surface area contributed by atoms with Crippen molar-refractivity contribution in [3.05, 3.63) is 56.4 Å². The fourth-order valence-corrected chi connectivity index (χ4v) is 3.00. The van der Waals surface area contributed by atoms with Crippen LogP contribution in [-0.2, 0) is 4.79 Å². The maximum atomic E-state index is 11.7. The zero-order chi connectivity index (χ0) is 18.4. The Morgan fingerprint density at radius 3 is 2.92 bits per heavy atom. The summed E-state index contributed by atoms with van der Waals surface area (Å²) in [4.78, 5) is 44.4. The molecule has 3 aromatic heterocycles. The van der Waals surface area contributed by atoms with Crippen molar-refractivity contribution in [2.24, 2.45) is 5.10 Å². The van der Waals surface area contributed by atoms with E-state index in [1.807, 2.05) is 16.4 Å². The summed E-state index contributed by atoms with van der Waals surface area (Å²) in [6, 6.07) is 3.61. The van der Waals surface area contributed by atoms with Gasteiger partial charge in [0.15, 0.2) is 5.03 Å². The smallest absolute Gasteiger partial charge is 0.272 e. The average molecular weight is 389 g/mol. The van der Waals surface area contributed by atoms with Crippen molar-refractivity contribution in [1.82, 2.24) is 30.6 Å². The Hall–Kier alpha value is -3.12. The Bertz CT molecular complexity index is 1030. The molecule has 0 aliphatic rings. The van der Waals surface area contributed by atoms with Crippen molar-refractivity contribution in [2.45, 2.75) is 5.03 Å². The molecule has 26 heavy (non-hydrogen) atoms. The van der Waals surface area contributed by atoms with Gasteiger partial charge in [-0.05, 0) is 12.1 Å². The molecule has 10 nitrogen and oxygen atoms in total. The van der Waals surface area contributed by atoms with Crippen molar-refractivity contribution in [3.63, 3.8) is 0 Å². The summed E-state index contributed by atoms with van der Waals surface area (Å²) in [5, 5.41) is 12.2. The number of aromatic nitrogens is 5. The number of thioether (sulfide) groups is 1. The topological polar surface area (TPSA) is 146 Å². The number of rotatable bonds is 6. The van der Waals surface area contributed by atoms with Crippen molar-refractivity contribution in [2.75, 3.05) is 5.75 Å². The molecule has 0 saturated heterocycles. The first kappa shape index (κ1) is 17.7. The summed E-state index contributed by atoms with van der Waals surface area (Å²) in [5.74, 6) is -0.520. The van der Waals surface area contributed by atoms with Crippen LogP contribution in [0.4, 0.5) is 0 Å². The van der Waals surface area contributed by atoms with E-state index >= 15 is 0 Å². The molecular weight excluding hydrogens is 378 g/mol. The summed E-state index contributed by atoms with van der Waals surface area (Å²) < 4.78 is 0. The van der Waals surface area contributed by atoms with Gasteiger partial charge in [0.05, 0.1) is 17.7 Å². The van der Waals surface area contributed by atoms with Crippen LogP contribution < -0.4 is 16.7 Å². The van der Waals surface area contributed by atoms with Crippen LogP contribution >= 0.6 is 23.1 Å². The second kappa shape index (κ2) is 8.31. The van der Waals surface area contributed by atoms with Gasteiger partial charge in [-0.3, -0.25) is 19.6 Å². The van der Waals surface area contributed by atoms with Gasteiger partial charge in [-0.1, -0.05) is 11.8 Å². The summed E-state index contributed by atoms with van der Waals surface area (Å²) >= 11 is 2.39. The Kier molecular flexibility index (Phi) is 5.66. The van der Waals surface area contributed by atoms with E-state index in [9.17, 15) is 14.4 Å². The minimum absolute atomic E-state index is 0.0110. The van der Waals surface area contributed by atoms with Crippen LogP contribution in [0.15, 0.2) is 49.6 Å². The molecular formula is C14H11N7O3S2. The molecule has 1 amide bonds. The number of amides is 1. The monoisotopic (exact) mass is 389 g/mol. The molecule has 0 radical (unpaired) electrons. The molecule has 12 heteroatoms. The Labute approximate surface area is 153 Å². The highest BCUT2D eigenvalue weighted by molar-refractivity contribution is 7.99. The Morgan fingerprint density at radius 2 is 2.23 bits per heavy atom. The largest absolute Gasteiger partial charge is 0.342 e. The van der Waals surface area contributed by atoms with Crippen LogP contribution in [-0.4, -0.2) is 43.0 Å². The number of hydrogen-bond acceptors (Lipinski definition) is 9. The molecule has 0 fully saturated rings. The van der Waals surface area contributed by atoms with Gasteiger partial charge in [0.25, 0.3) is 5.56 Å². The number of pyridine rings is 1. The summed E-state index contributed by atoms with van der Waals surface area (Å²) in [6.45, 7) is 0. The lowest BCUT2D eigenvalue weighted by molar-refractivity contribution is -0.118. The molecule has 3 rings (SSSR count). The molecule has 3 aromatic rings. The highest BCUT2D eigenvalue weighted by Gasteiger charge is 2.07. The predicted octanol–water partition coefficient (Wildman–Crippen LogP) is 0.219. The number of hydrazone groups is 1. The van der Waals surface area contributed by atoms with E-state index in [4.69, 9.17) is 0 Å². The molecule has 0 atom stereocenters. The first-order valence-electron chi connectivity index (χ1n) is 7.11. The maximum Gasteiger partial charge on any atom is 0.342 e. The van der Waals surface area contributed by atoms with Gasteiger partial charge < -0.3 is 0 Å². The zero-order valence-corrected chi connectivity index (χ0v) is 14.6. The van der Waals surface area contributed by atoms with E-state index in [2.05, 4.69) is 30.7 Å². The Balaban J connectivity index is 1.51.